The Labute approximate surface area is 218 Å². The van der Waals surface area contributed by atoms with Crippen molar-refractivity contribution in [1.29, 1.82) is 0 Å². The van der Waals surface area contributed by atoms with E-state index in [0.717, 1.165) is 5.56 Å². The van der Waals surface area contributed by atoms with Gasteiger partial charge in [0.1, 0.15) is 12.6 Å². The minimum atomic E-state index is -0.881. The van der Waals surface area contributed by atoms with E-state index in [0.29, 0.717) is 22.6 Å². The van der Waals surface area contributed by atoms with Crippen LogP contribution in [0.3, 0.4) is 0 Å². The fourth-order valence-electron chi connectivity index (χ4n) is 3.65. The summed E-state index contributed by atoms with van der Waals surface area (Å²) in [7, 11) is 0. The van der Waals surface area contributed by atoms with Gasteiger partial charge in [0.25, 0.3) is 11.8 Å². The Morgan fingerprint density at radius 2 is 1.84 bits per heavy atom. The van der Waals surface area contributed by atoms with Gasteiger partial charge in [-0.3, -0.25) is 19.7 Å². The maximum Gasteiger partial charge on any atom is 0.311 e. The summed E-state index contributed by atoms with van der Waals surface area (Å²) in [6.07, 6.45) is 1.28. The monoisotopic (exact) mass is 518 g/mol. The second kappa shape index (κ2) is 11.9. The van der Waals surface area contributed by atoms with Gasteiger partial charge in [0, 0.05) is 17.2 Å². The molecule has 1 aliphatic heterocycles. The Morgan fingerprint density at radius 1 is 1.08 bits per heavy atom. The standard InChI is InChI=1S/C27H26N4O7/c1-17(2)25(29-26(32)20-9-11-23-24(13-20)38-16-37-23)27(33)30-28-14-19-8-10-22(21(12-19)31(34)35)36-15-18-6-4-3-5-7-18/h3-14,17,25H,15-16H2,1-2H3,(H,29,32)(H,30,33). The first-order valence-corrected chi connectivity index (χ1v) is 11.8. The highest BCUT2D eigenvalue weighted by Gasteiger charge is 2.25. The molecule has 11 nitrogen and oxygen atoms in total. The number of nitrogens with zero attached hydrogens (tertiary/aromatic N) is 2. The van der Waals surface area contributed by atoms with Gasteiger partial charge < -0.3 is 19.5 Å². The molecule has 3 aromatic carbocycles. The lowest BCUT2D eigenvalue weighted by Crippen LogP contribution is -2.48. The van der Waals surface area contributed by atoms with Gasteiger partial charge in [-0.15, -0.1) is 0 Å². The Morgan fingerprint density at radius 3 is 2.58 bits per heavy atom. The number of carbonyl (C=O) groups is 2. The third kappa shape index (κ3) is 6.44. The molecular weight excluding hydrogens is 492 g/mol. The Balaban J connectivity index is 1.38. The molecule has 1 atom stereocenters. The van der Waals surface area contributed by atoms with Gasteiger partial charge >= 0.3 is 5.69 Å². The lowest BCUT2D eigenvalue weighted by molar-refractivity contribution is -0.385. The molecule has 0 saturated carbocycles. The van der Waals surface area contributed by atoms with E-state index in [1.807, 2.05) is 30.3 Å². The quantitative estimate of drug-likeness (QED) is 0.236. The predicted molar refractivity (Wildman–Crippen MR) is 138 cm³/mol. The van der Waals surface area contributed by atoms with E-state index in [1.54, 1.807) is 38.1 Å². The van der Waals surface area contributed by atoms with E-state index in [9.17, 15) is 19.7 Å². The molecule has 11 heteroatoms. The summed E-state index contributed by atoms with van der Waals surface area (Å²) in [4.78, 5) is 36.5. The van der Waals surface area contributed by atoms with E-state index >= 15 is 0 Å². The molecule has 0 aliphatic carbocycles. The van der Waals surface area contributed by atoms with E-state index < -0.39 is 22.8 Å². The van der Waals surface area contributed by atoms with Crippen molar-refractivity contribution >= 4 is 23.7 Å². The molecule has 0 fully saturated rings. The number of hydrazone groups is 1. The summed E-state index contributed by atoms with van der Waals surface area (Å²) in [5.74, 6) is -0.120. The van der Waals surface area contributed by atoms with Crippen LogP contribution in [0.5, 0.6) is 17.2 Å². The molecule has 0 saturated heterocycles. The third-order valence-corrected chi connectivity index (χ3v) is 5.68. The van der Waals surface area contributed by atoms with Crippen molar-refractivity contribution in [3.63, 3.8) is 0 Å². The number of carbonyl (C=O) groups excluding carboxylic acids is 2. The van der Waals surface area contributed by atoms with Crippen LogP contribution in [0.15, 0.2) is 71.8 Å². The second-order valence-electron chi connectivity index (χ2n) is 8.76. The molecule has 0 aromatic heterocycles. The van der Waals surface area contributed by atoms with E-state index in [2.05, 4.69) is 15.8 Å². The number of nitrogens with one attached hydrogen (secondary N) is 2. The lowest BCUT2D eigenvalue weighted by Gasteiger charge is -2.20. The summed E-state index contributed by atoms with van der Waals surface area (Å²) in [5, 5.41) is 18.2. The highest BCUT2D eigenvalue weighted by atomic mass is 16.7. The van der Waals surface area contributed by atoms with Crippen LogP contribution in [0.25, 0.3) is 0 Å². The minimum Gasteiger partial charge on any atom is -0.482 e. The summed E-state index contributed by atoms with van der Waals surface area (Å²) >= 11 is 0. The van der Waals surface area contributed by atoms with Crippen molar-refractivity contribution in [1.82, 2.24) is 10.7 Å². The first kappa shape index (κ1) is 26.1. The summed E-state index contributed by atoms with van der Waals surface area (Å²) in [5.41, 5.74) is 3.74. The molecule has 0 spiro atoms. The zero-order valence-electron chi connectivity index (χ0n) is 20.7. The molecular formula is C27H26N4O7. The highest BCUT2D eigenvalue weighted by Crippen LogP contribution is 2.32. The largest absolute Gasteiger partial charge is 0.482 e. The number of fused-ring (bicyclic) bond motifs is 1. The molecule has 196 valence electrons. The van der Waals surface area contributed by atoms with Gasteiger partial charge in [0.15, 0.2) is 17.2 Å². The number of rotatable bonds is 10. The number of ether oxygens (including phenoxy) is 3. The van der Waals surface area contributed by atoms with Crippen LogP contribution in [0.2, 0.25) is 0 Å². The second-order valence-corrected chi connectivity index (χ2v) is 8.76. The third-order valence-electron chi connectivity index (χ3n) is 5.68. The average molecular weight is 519 g/mol. The average Bonchev–Trinajstić information content (AvgIpc) is 3.39. The molecule has 1 heterocycles. The predicted octanol–water partition coefficient (Wildman–Crippen LogP) is 3.81. The van der Waals surface area contributed by atoms with Crippen molar-refractivity contribution in [3.8, 4) is 17.2 Å². The highest BCUT2D eigenvalue weighted by molar-refractivity contribution is 5.98. The Kier molecular flexibility index (Phi) is 8.17. The summed E-state index contributed by atoms with van der Waals surface area (Å²) in [6.45, 7) is 3.83. The molecule has 2 N–H and O–H groups in total. The number of nitro benzene ring substituents is 1. The molecule has 3 aromatic rings. The zero-order chi connectivity index (χ0) is 27.1. The van der Waals surface area contributed by atoms with Crippen molar-refractivity contribution in [3.05, 3.63) is 93.5 Å². The number of nitro groups is 1. The van der Waals surface area contributed by atoms with Gasteiger partial charge in [-0.2, -0.15) is 5.10 Å². The topological polar surface area (TPSA) is 141 Å². The minimum absolute atomic E-state index is 0.0853. The molecule has 1 unspecified atom stereocenters. The molecule has 0 radical (unpaired) electrons. The van der Waals surface area contributed by atoms with Crippen LogP contribution < -0.4 is 25.0 Å². The zero-order valence-corrected chi connectivity index (χ0v) is 20.7. The van der Waals surface area contributed by atoms with E-state index in [1.165, 1.54) is 18.3 Å². The van der Waals surface area contributed by atoms with Crippen LogP contribution in [-0.4, -0.2) is 35.8 Å². The molecule has 1 aliphatic rings. The van der Waals surface area contributed by atoms with Gasteiger partial charge in [0.05, 0.1) is 11.1 Å². The first-order valence-electron chi connectivity index (χ1n) is 11.8. The summed E-state index contributed by atoms with van der Waals surface area (Å²) in [6, 6.07) is 17.5. The van der Waals surface area contributed by atoms with Gasteiger partial charge in [-0.1, -0.05) is 44.2 Å². The lowest BCUT2D eigenvalue weighted by atomic mass is 10.0. The normalized spacial score (nSPS) is 12.8. The maximum atomic E-state index is 12.8. The van der Waals surface area contributed by atoms with Crippen molar-refractivity contribution in [2.24, 2.45) is 11.0 Å². The first-order chi connectivity index (χ1) is 18.3. The van der Waals surface area contributed by atoms with Gasteiger partial charge in [-0.05, 0) is 41.8 Å². The summed E-state index contributed by atoms with van der Waals surface area (Å²) < 4.78 is 16.2. The fourth-order valence-corrected chi connectivity index (χ4v) is 3.65. The van der Waals surface area contributed by atoms with Crippen LogP contribution in [0, 0.1) is 16.0 Å². The SMILES string of the molecule is CC(C)C(NC(=O)c1ccc2c(c1)OCO2)C(=O)NN=Cc1ccc(OCc2ccccc2)c([N+](=O)[O-])c1. The molecule has 2 amide bonds. The number of amides is 2. The van der Waals surface area contributed by atoms with Crippen LogP contribution in [-0.2, 0) is 11.4 Å². The maximum absolute atomic E-state index is 12.8. The molecule has 0 bridgehead atoms. The molecule has 4 rings (SSSR count). The van der Waals surface area contributed by atoms with E-state index in [-0.39, 0.29) is 30.8 Å². The van der Waals surface area contributed by atoms with Crippen LogP contribution in [0.1, 0.15) is 35.3 Å². The Hall–Kier alpha value is -4.93. The van der Waals surface area contributed by atoms with Gasteiger partial charge in [-0.25, -0.2) is 5.43 Å². The smallest absolute Gasteiger partial charge is 0.311 e. The van der Waals surface area contributed by atoms with E-state index in [4.69, 9.17) is 14.2 Å². The Bertz CT molecular complexity index is 1360. The van der Waals surface area contributed by atoms with Gasteiger partial charge in [0.2, 0.25) is 6.79 Å². The molecule has 38 heavy (non-hydrogen) atoms. The fraction of sp³-hybridized carbons (Fsp3) is 0.222. The van der Waals surface area contributed by atoms with Crippen molar-refractivity contribution in [2.45, 2.75) is 26.5 Å². The van der Waals surface area contributed by atoms with Crippen molar-refractivity contribution in [2.75, 3.05) is 6.79 Å². The van der Waals surface area contributed by atoms with Crippen molar-refractivity contribution < 1.29 is 28.7 Å². The van der Waals surface area contributed by atoms with Crippen LogP contribution >= 0.6 is 0 Å². The number of hydrogen-bond donors (Lipinski definition) is 2. The van der Waals surface area contributed by atoms with Crippen LogP contribution in [0.4, 0.5) is 5.69 Å². The number of benzene rings is 3. The number of hydrogen-bond acceptors (Lipinski definition) is 8.